The number of esters is 1. The van der Waals surface area contributed by atoms with Crippen LogP contribution in [0, 0.1) is 0 Å². The first kappa shape index (κ1) is 15.4. The Kier molecular flexibility index (Phi) is 4.53. The van der Waals surface area contributed by atoms with Crippen molar-refractivity contribution in [2.24, 2.45) is 0 Å². The first-order valence-corrected chi connectivity index (χ1v) is 6.10. The monoisotopic (exact) mass is 298 g/mol. The minimum absolute atomic E-state index is 0.167. The molecule has 1 unspecified atom stereocenters. The van der Waals surface area contributed by atoms with Crippen molar-refractivity contribution in [2.45, 2.75) is 30.7 Å². The predicted octanol–water partition coefficient (Wildman–Crippen LogP) is -1.26. The molecule has 0 radical (unpaired) electrons. The number of carboxylic acid groups (broad SMARTS) is 1. The third kappa shape index (κ3) is 3.19. The molecule has 1 saturated heterocycles. The van der Waals surface area contributed by atoms with Crippen molar-refractivity contribution in [3.05, 3.63) is 35.9 Å². The van der Waals surface area contributed by atoms with E-state index in [9.17, 15) is 24.9 Å². The van der Waals surface area contributed by atoms with E-state index in [1.807, 2.05) is 0 Å². The lowest BCUT2D eigenvalue weighted by Crippen LogP contribution is -2.60. The zero-order chi connectivity index (χ0) is 15.6. The van der Waals surface area contributed by atoms with Gasteiger partial charge in [-0.2, -0.15) is 0 Å². The Morgan fingerprint density at radius 1 is 1.00 bits per heavy atom. The number of carbonyl (C=O) groups is 2. The van der Waals surface area contributed by atoms with Gasteiger partial charge in [0.2, 0.25) is 6.29 Å². The van der Waals surface area contributed by atoms with Gasteiger partial charge in [-0.3, -0.25) is 0 Å². The summed E-state index contributed by atoms with van der Waals surface area (Å²) in [5.41, 5.74) is 0.167. The minimum Gasteiger partial charge on any atom is -0.479 e. The van der Waals surface area contributed by atoms with Crippen LogP contribution >= 0.6 is 0 Å². The predicted molar refractivity (Wildman–Crippen MR) is 66.2 cm³/mol. The second-order valence-electron chi connectivity index (χ2n) is 4.51. The second kappa shape index (κ2) is 6.19. The topological polar surface area (TPSA) is 134 Å². The maximum atomic E-state index is 11.8. The fourth-order valence-electron chi connectivity index (χ4n) is 1.90. The first-order valence-electron chi connectivity index (χ1n) is 6.10. The SMILES string of the molecule is O=C(OC1O[C@H](C(=O)O)[C@@H](O)[C@H](O)[C@H]1O)c1ccccc1. The molecule has 114 valence electrons. The van der Waals surface area contributed by atoms with Crippen LogP contribution in [-0.4, -0.2) is 63.1 Å². The van der Waals surface area contributed by atoms with Crippen LogP contribution in [0.1, 0.15) is 10.4 Å². The van der Waals surface area contributed by atoms with E-state index in [1.165, 1.54) is 12.1 Å². The number of carboxylic acids is 1. The molecule has 4 N–H and O–H groups in total. The summed E-state index contributed by atoms with van der Waals surface area (Å²) < 4.78 is 9.68. The van der Waals surface area contributed by atoms with Crippen molar-refractivity contribution in [1.29, 1.82) is 0 Å². The van der Waals surface area contributed by atoms with E-state index in [0.717, 1.165) is 0 Å². The first-order chi connectivity index (χ1) is 9.91. The van der Waals surface area contributed by atoms with Crippen molar-refractivity contribution in [3.63, 3.8) is 0 Å². The van der Waals surface area contributed by atoms with Crippen molar-refractivity contribution in [1.82, 2.24) is 0 Å². The van der Waals surface area contributed by atoms with Gasteiger partial charge in [0.1, 0.15) is 18.3 Å². The summed E-state index contributed by atoms with van der Waals surface area (Å²) in [5, 5.41) is 37.6. The third-order valence-electron chi connectivity index (χ3n) is 3.05. The number of hydrogen-bond acceptors (Lipinski definition) is 7. The Hall–Kier alpha value is -2.00. The lowest BCUT2D eigenvalue weighted by atomic mass is 9.99. The average Bonchev–Trinajstić information content (AvgIpc) is 2.48. The molecule has 8 nitrogen and oxygen atoms in total. The normalized spacial score (nSPS) is 32.4. The molecule has 21 heavy (non-hydrogen) atoms. The number of ether oxygens (including phenoxy) is 2. The van der Waals surface area contributed by atoms with Crippen molar-refractivity contribution < 1.29 is 39.5 Å². The zero-order valence-electron chi connectivity index (χ0n) is 10.7. The molecule has 0 bridgehead atoms. The van der Waals surface area contributed by atoms with Gasteiger partial charge in [-0.25, -0.2) is 9.59 Å². The van der Waals surface area contributed by atoms with Gasteiger partial charge in [0.05, 0.1) is 5.56 Å². The van der Waals surface area contributed by atoms with Gasteiger partial charge < -0.3 is 29.9 Å². The molecule has 1 fully saturated rings. The number of benzene rings is 1. The number of rotatable bonds is 3. The van der Waals surface area contributed by atoms with Crippen molar-refractivity contribution in [2.75, 3.05) is 0 Å². The van der Waals surface area contributed by atoms with Crippen LogP contribution in [0.5, 0.6) is 0 Å². The second-order valence-corrected chi connectivity index (χ2v) is 4.51. The smallest absolute Gasteiger partial charge is 0.340 e. The van der Waals surface area contributed by atoms with E-state index in [2.05, 4.69) is 0 Å². The van der Waals surface area contributed by atoms with Gasteiger partial charge in [-0.05, 0) is 12.1 Å². The third-order valence-corrected chi connectivity index (χ3v) is 3.05. The van der Waals surface area contributed by atoms with Crippen molar-refractivity contribution in [3.8, 4) is 0 Å². The largest absolute Gasteiger partial charge is 0.479 e. The molecule has 0 saturated carbocycles. The van der Waals surface area contributed by atoms with Crippen LogP contribution in [0.2, 0.25) is 0 Å². The van der Waals surface area contributed by atoms with Gasteiger partial charge in [0, 0.05) is 0 Å². The number of aliphatic hydroxyl groups is 3. The fourth-order valence-corrected chi connectivity index (χ4v) is 1.90. The number of aliphatic hydroxyl groups excluding tert-OH is 3. The van der Waals surface area contributed by atoms with Crippen LogP contribution in [-0.2, 0) is 14.3 Å². The summed E-state index contributed by atoms with van der Waals surface area (Å²) in [4.78, 5) is 22.7. The zero-order valence-corrected chi connectivity index (χ0v) is 10.7. The summed E-state index contributed by atoms with van der Waals surface area (Å²) in [6.45, 7) is 0. The quantitative estimate of drug-likeness (QED) is 0.508. The van der Waals surface area contributed by atoms with Crippen LogP contribution in [0.15, 0.2) is 30.3 Å². The number of hydrogen-bond donors (Lipinski definition) is 4. The molecule has 0 aromatic heterocycles. The number of aliphatic carboxylic acids is 1. The summed E-state index contributed by atoms with van der Waals surface area (Å²) in [6.07, 6.45) is -8.91. The highest BCUT2D eigenvalue weighted by atomic mass is 16.7. The lowest BCUT2D eigenvalue weighted by molar-refractivity contribution is -0.278. The molecular weight excluding hydrogens is 284 g/mol. The molecule has 1 aromatic rings. The average molecular weight is 298 g/mol. The maximum Gasteiger partial charge on any atom is 0.340 e. The molecule has 0 spiro atoms. The lowest BCUT2D eigenvalue weighted by Gasteiger charge is -2.37. The Balaban J connectivity index is 2.11. The molecule has 1 aliphatic heterocycles. The molecule has 1 aromatic carbocycles. The van der Waals surface area contributed by atoms with E-state index in [4.69, 9.17) is 14.6 Å². The van der Waals surface area contributed by atoms with E-state index in [-0.39, 0.29) is 5.56 Å². The molecular formula is C13H14O8. The summed E-state index contributed by atoms with van der Waals surface area (Å²) in [5.74, 6) is -2.40. The Morgan fingerprint density at radius 2 is 1.62 bits per heavy atom. The Labute approximate surface area is 119 Å². The standard InChI is InChI=1S/C13H14O8/c14-7-8(15)10(11(17)18)20-13(9(7)16)21-12(19)6-4-2-1-3-5-6/h1-5,7-10,13-16H,(H,17,18)/t7-,8-,9+,10-,13?/m0/s1. The molecule has 0 aliphatic carbocycles. The Bertz CT molecular complexity index is 516. The fraction of sp³-hybridized carbons (Fsp3) is 0.385. The van der Waals surface area contributed by atoms with E-state index >= 15 is 0 Å². The van der Waals surface area contributed by atoms with Crippen LogP contribution in [0.25, 0.3) is 0 Å². The molecule has 1 heterocycles. The van der Waals surface area contributed by atoms with E-state index < -0.39 is 42.6 Å². The molecule has 5 atom stereocenters. The van der Waals surface area contributed by atoms with Gasteiger partial charge in [0.15, 0.2) is 6.10 Å². The highest BCUT2D eigenvalue weighted by Gasteiger charge is 2.48. The summed E-state index contributed by atoms with van der Waals surface area (Å²) in [7, 11) is 0. The summed E-state index contributed by atoms with van der Waals surface area (Å²) in [6, 6.07) is 7.78. The highest BCUT2D eigenvalue weighted by molar-refractivity contribution is 5.89. The molecule has 8 heteroatoms. The van der Waals surface area contributed by atoms with Crippen LogP contribution in [0.4, 0.5) is 0 Å². The highest BCUT2D eigenvalue weighted by Crippen LogP contribution is 2.23. The van der Waals surface area contributed by atoms with Gasteiger partial charge in [0.25, 0.3) is 0 Å². The molecule has 1 aliphatic rings. The van der Waals surface area contributed by atoms with Gasteiger partial charge in [-0.1, -0.05) is 18.2 Å². The molecule has 2 rings (SSSR count). The maximum absolute atomic E-state index is 11.8. The van der Waals surface area contributed by atoms with Gasteiger partial charge >= 0.3 is 11.9 Å². The summed E-state index contributed by atoms with van der Waals surface area (Å²) >= 11 is 0. The van der Waals surface area contributed by atoms with Crippen LogP contribution < -0.4 is 0 Å². The van der Waals surface area contributed by atoms with Crippen LogP contribution in [0.3, 0.4) is 0 Å². The van der Waals surface area contributed by atoms with Gasteiger partial charge in [-0.15, -0.1) is 0 Å². The van der Waals surface area contributed by atoms with E-state index in [0.29, 0.717) is 0 Å². The minimum atomic E-state index is -1.83. The van der Waals surface area contributed by atoms with E-state index in [1.54, 1.807) is 18.2 Å². The molecule has 0 amide bonds. The van der Waals surface area contributed by atoms with Crippen molar-refractivity contribution >= 4 is 11.9 Å². The number of carbonyl (C=O) groups excluding carboxylic acids is 1. The Morgan fingerprint density at radius 3 is 2.19 bits per heavy atom.